The molecule has 0 bridgehead atoms. The van der Waals surface area contributed by atoms with Crippen molar-refractivity contribution >= 4 is 23.6 Å². The number of rotatable bonds is 6. The van der Waals surface area contributed by atoms with Crippen LogP contribution in [0, 0.1) is 6.92 Å². The lowest BCUT2D eigenvalue weighted by atomic mass is 10.1. The van der Waals surface area contributed by atoms with Gasteiger partial charge in [0.25, 0.3) is 5.91 Å². The van der Waals surface area contributed by atoms with Crippen molar-refractivity contribution in [2.24, 2.45) is 0 Å². The van der Waals surface area contributed by atoms with E-state index in [-0.39, 0.29) is 17.6 Å². The van der Waals surface area contributed by atoms with Gasteiger partial charge in [0.15, 0.2) is 11.0 Å². The van der Waals surface area contributed by atoms with Crippen LogP contribution in [0.25, 0.3) is 17.1 Å². The predicted molar refractivity (Wildman–Crippen MR) is 122 cm³/mol. The van der Waals surface area contributed by atoms with Crippen molar-refractivity contribution in [1.29, 1.82) is 0 Å². The molecule has 2 aromatic heterocycles. The number of aromatic nitrogens is 4. The highest BCUT2D eigenvalue weighted by molar-refractivity contribution is 7.99. The molecule has 0 saturated heterocycles. The van der Waals surface area contributed by atoms with Gasteiger partial charge in [0.2, 0.25) is 5.91 Å². The minimum Gasteiger partial charge on any atom is -0.272 e. The number of hydrazine groups is 1. The van der Waals surface area contributed by atoms with Crippen molar-refractivity contribution in [2.45, 2.75) is 12.1 Å². The lowest BCUT2D eigenvalue weighted by Gasteiger charge is -2.10. The molecule has 32 heavy (non-hydrogen) atoms. The molecule has 0 spiro atoms. The van der Waals surface area contributed by atoms with Crippen LogP contribution >= 0.6 is 11.8 Å². The summed E-state index contributed by atoms with van der Waals surface area (Å²) in [6.45, 7) is 1.94. The monoisotopic (exact) mass is 444 g/mol. The van der Waals surface area contributed by atoms with Crippen LogP contribution in [0.1, 0.15) is 15.9 Å². The average molecular weight is 445 g/mol. The van der Waals surface area contributed by atoms with Gasteiger partial charge in [-0.05, 0) is 43.3 Å². The summed E-state index contributed by atoms with van der Waals surface area (Å²) in [5, 5.41) is 9.14. The van der Waals surface area contributed by atoms with E-state index in [1.165, 1.54) is 11.8 Å². The highest BCUT2D eigenvalue weighted by Gasteiger charge is 2.17. The molecule has 2 aromatic carbocycles. The number of pyridine rings is 1. The first-order valence-electron chi connectivity index (χ1n) is 9.82. The van der Waals surface area contributed by atoms with Crippen molar-refractivity contribution < 1.29 is 9.59 Å². The van der Waals surface area contributed by atoms with E-state index >= 15 is 0 Å². The smallest absolute Gasteiger partial charge is 0.269 e. The quantitative estimate of drug-likeness (QED) is 0.350. The molecule has 0 aliphatic carbocycles. The fraction of sp³-hybridized carbons (Fsp3) is 0.0870. The summed E-state index contributed by atoms with van der Waals surface area (Å²) in [7, 11) is 0. The van der Waals surface area contributed by atoms with Crippen LogP contribution < -0.4 is 10.9 Å². The van der Waals surface area contributed by atoms with Gasteiger partial charge >= 0.3 is 0 Å². The minimum absolute atomic E-state index is 0.0478. The van der Waals surface area contributed by atoms with E-state index in [1.54, 1.807) is 24.5 Å². The van der Waals surface area contributed by atoms with E-state index in [4.69, 9.17) is 0 Å². The Labute approximate surface area is 189 Å². The van der Waals surface area contributed by atoms with Gasteiger partial charge in [-0.3, -0.25) is 30.0 Å². The van der Waals surface area contributed by atoms with Gasteiger partial charge in [0.1, 0.15) is 0 Å². The number of carbonyl (C=O) groups excluding carboxylic acids is 2. The fourth-order valence-corrected chi connectivity index (χ4v) is 3.68. The van der Waals surface area contributed by atoms with Gasteiger partial charge < -0.3 is 0 Å². The molecule has 4 aromatic rings. The minimum atomic E-state index is -0.380. The number of aryl methyl sites for hydroxylation is 1. The van der Waals surface area contributed by atoms with E-state index in [9.17, 15) is 9.59 Å². The third-order valence-corrected chi connectivity index (χ3v) is 5.46. The highest BCUT2D eigenvalue weighted by Crippen LogP contribution is 2.27. The Balaban J connectivity index is 1.45. The molecular formula is C23H20N6O2S. The van der Waals surface area contributed by atoms with Gasteiger partial charge in [0, 0.05) is 29.2 Å². The molecule has 0 aliphatic heterocycles. The van der Waals surface area contributed by atoms with Gasteiger partial charge in [-0.15, -0.1) is 10.2 Å². The van der Waals surface area contributed by atoms with Crippen LogP contribution in [0.2, 0.25) is 0 Å². The Morgan fingerprint density at radius 2 is 1.72 bits per heavy atom. The topological polar surface area (TPSA) is 102 Å². The third kappa shape index (κ3) is 5.01. The van der Waals surface area contributed by atoms with Crippen molar-refractivity contribution in [3.8, 4) is 17.1 Å². The maximum Gasteiger partial charge on any atom is 0.269 e. The number of hydrogen-bond acceptors (Lipinski definition) is 6. The third-order valence-electron chi connectivity index (χ3n) is 4.53. The normalized spacial score (nSPS) is 10.5. The van der Waals surface area contributed by atoms with E-state index in [0.717, 1.165) is 16.8 Å². The Bertz CT molecular complexity index is 1210. The van der Waals surface area contributed by atoms with Crippen LogP contribution in [-0.2, 0) is 4.79 Å². The molecule has 2 N–H and O–H groups in total. The number of benzene rings is 2. The van der Waals surface area contributed by atoms with Crippen molar-refractivity contribution in [3.63, 3.8) is 0 Å². The summed E-state index contributed by atoms with van der Waals surface area (Å²) in [5.74, 6) is -0.0674. The zero-order valence-electron chi connectivity index (χ0n) is 17.2. The van der Waals surface area contributed by atoms with E-state index in [0.29, 0.717) is 16.5 Å². The number of thioether (sulfide) groups is 1. The lowest BCUT2D eigenvalue weighted by Crippen LogP contribution is -2.42. The first kappa shape index (κ1) is 21.3. The Morgan fingerprint density at radius 1 is 0.938 bits per heavy atom. The van der Waals surface area contributed by atoms with Crippen LogP contribution in [0.15, 0.2) is 84.3 Å². The van der Waals surface area contributed by atoms with Crippen LogP contribution in [-0.4, -0.2) is 37.3 Å². The summed E-state index contributed by atoms with van der Waals surface area (Å²) in [4.78, 5) is 28.6. The molecule has 4 rings (SSSR count). The number of amides is 2. The molecule has 0 aliphatic rings. The number of hydrogen-bond donors (Lipinski definition) is 2. The second kappa shape index (κ2) is 9.88. The summed E-state index contributed by atoms with van der Waals surface area (Å²) in [5.41, 5.74) is 8.06. The molecule has 0 saturated carbocycles. The van der Waals surface area contributed by atoms with Gasteiger partial charge in [-0.1, -0.05) is 47.7 Å². The first-order valence-corrected chi connectivity index (χ1v) is 10.8. The molecule has 0 atom stereocenters. The molecule has 0 fully saturated rings. The number of para-hydroxylation sites is 1. The van der Waals surface area contributed by atoms with Crippen LogP contribution in [0.3, 0.4) is 0 Å². The zero-order chi connectivity index (χ0) is 22.3. The fourth-order valence-electron chi connectivity index (χ4n) is 2.93. The maximum absolute atomic E-state index is 12.3. The molecule has 160 valence electrons. The molecule has 2 heterocycles. The average Bonchev–Trinajstić information content (AvgIpc) is 3.27. The van der Waals surface area contributed by atoms with E-state index in [1.807, 2.05) is 66.1 Å². The standard InChI is InChI=1S/C23H20N6O2S/c1-16-9-11-17(12-10-16)22(31)27-25-20(30)15-32-23-28-26-21(18-6-5-13-24-14-18)29(23)19-7-3-2-4-8-19/h2-14H,15H2,1H3,(H,25,30)(H,27,31). The first-order chi connectivity index (χ1) is 15.6. The molecule has 0 radical (unpaired) electrons. The van der Waals surface area contributed by atoms with Gasteiger partial charge in [0.05, 0.1) is 5.75 Å². The van der Waals surface area contributed by atoms with E-state index < -0.39 is 0 Å². The Hall–Kier alpha value is -3.98. The molecule has 9 heteroatoms. The highest BCUT2D eigenvalue weighted by atomic mass is 32.2. The lowest BCUT2D eigenvalue weighted by molar-refractivity contribution is -0.119. The molecule has 0 unspecified atom stereocenters. The summed E-state index contributed by atoms with van der Waals surface area (Å²) in [6.07, 6.45) is 3.41. The molecule has 8 nitrogen and oxygen atoms in total. The molecule has 2 amide bonds. The van der Waals surface area contributed by atoms with Crippen molar-refractivity contribution in [2.75, 3.05) is 5.75 Å². The number of carbonyl (C=O) groups is 2. The molecular weight excluding hydrogens is 424 g/mol. The summed E-state index contributed by atoms with van der Waals surface area (Å²) < 4.78 is 1.87. The van der Waals surface area contributed by atoms with Crippen molar-refractivity contribution in [3.05, 3.63) is 90.3 Å². The number of nitrogens with one attached hydrogen (secondary N) is 2. The summed E-state index contributed by atoms with van der Waals surface area (Å²) in [6, 6.07) is 20.5. The van der Waals surface area contributed by atoms with E-state index in [2.05, 4.69) is 26.0 Å². The SMILES string of the molecule is Cc1ccc(C(=O)NNC(=O)CSc2nnc(-c3cccnc3)n2-c2ccccc2)cc1. The van der Waals surface area contributed by atoms with Crippen LogP contribution in [0.5, 0.6) is 0 Å². The maximum atomic E-state index is 12.3. The van der Waals surface area contributed by atoms with Gasteiger partial charge in [-0.25, -0.2) is 0 Å². The second-order valence-electron chi connectivity index (χ2n) is 6.88. The second-order valence-corrected chi connectivity index (χ2v) is 7.82. The Kier molecular flexibility index (Phi) is 6.57. The van der Waals surface area contributed by atoms with Crippen LogP contribution in [0.4, 0.5) is 0 Å². The zero-order valence-corrected chi connectivity index (χ0v) is 18.0. The predicted octanol–water partition coefficient (Wildman–Crippen LogP) is 3.19. The van der Waals surface area contributed by atoms with Crippen molar-refractivity contribution in [1.82, 2.24) is 30.6 Å². The number of nitrogens with zero attached hydrogens (tertiary/aromatic N) is 4. The largest absolute Gasteiger partial charge is 0.272 e. The van der Waals surface area contributed by atoms with Gasteiger partial charge in [-0.2, -0.15) is 0 Å². The Morgan fingerprint density at radius 3 is 2.44 bits per heavy atom. The summed E-state index contributed by atoms with van der Waals surface area (Å²) >= 11 is 1.22.